The van der Waals surface area contributed by atoms with E-state index in [1.165, 1.54) is 0 Å². The van der Waals surface area contributed by atoms with Crippen LogP contribution in [0.25, 0.3) is 10.9 Å². The number of benzene rings is 1. The molecule has 4 nitrogen and oxygen atoms in total. The highest BCUT2D eigenvalue weighted by Gasteiger charge is 2.14. The summed E-state index contributed by atoms with van der Waals surface area (Å²) in [4.78, 5) is 16.0. The van der Waals surface area contributed by atoms with E-state index in [1.54, 1.807) is 25.3 Å². The Bertz CT molecular complexity index is 610. The molecule has 94 valence electrons. The van der Waals surface area contributed by atoms with Gasteiger partial charge in [0.2, 0.25) is 5.91 Å². The molecule has 0 saturated carbocycles. The Morgan fingerprint density at radius 3 is 2.94 bits per heavy atom. The molecule has 1 unspecified atom stereocenters. The molecule has 0 spiro atoms. The zero-order chi connectivity index (χ0) is 13.3. The minimum atomic E-state index is -0.589. The minimum absolute atomic E-state index is 0.272. The van der Waals surface area contributed by atoms with Crippen molar-refractivity contribution in [3.8, 4) is 0 Å². The van der Waals surface area contributed by atoms with Crippen LogP contribution < -0.4 is 11.1 Å². The van der Waals surface area contributed by atoms with Crippen LogP contribution in [0.3, 0.4) is 0 Å². The number of carbonyl (C=O) groups is 1. The van der Waals surface area contributed by atoms with E-state index in [0.29, 0.717) is 10.7 Å². The predicted molar refractivity (Wildman–Crippen MR) is 73.8 cm³/mol. The number of aryl methyl sites for hydroxylation is 1. The summed E-state index contributed by atoms with van der Waals surface area (Å²) in [7, 11) is 0. The van der Waals surface area contributed by atoms with Gasteiger partial charge in [-0.3, -0.25) is 9.78 Å². The van der Waals surface area contributed by atoms with Crippen LogP contribution in [-0.2, 0) is 4.79 Å². The second-order valence-corrected chi connectivity index (χ2v) is 4.63. The lowest BCUT2D eigenvalue weighted by Crippen LogP contribution is -2.32. The maximum atomic E-state index is 11.7. The molecule has 2 aromatic rings. The topological polar surface area (TPSA) is 68.0 Å². The number of hydrogen-bond donors (Lipinski definition) is 2. The van der Waals surface area contributed by atoms with Crippen LogP contribution >= 0.6 is 11.6 Å². The lowest BCUT2D eigenvalue weighted by atomic mass is 10.1. The second kappa shape index (κ2) is 4.92. The van der Waals surface area contributed by atoms with E-state index in [9.17, 15) is 4.79 Å². The van der Waals surface area contributed by atoms with Crippen LogP contribution in [0.1, 0.15) is 12.5 Å². The number of halogens is 1. The van der Waals surface area contributed by atoms with Crippen molar-refractivity contribution in [3.63, 3.8) is 0 Å². The van der Waals surface area contributed by atoms with Gasteiger partial charge in [0, 0.05) is 11.6 Å². The van der Waals surface area contributed by atoms with Crippen molar-refractivity contribution in [2.45, 2.75) is 19.9 Å². The molecule has 5 heteroatoms. The number of amides is 1. The molecule has 2 rings (SSSR count). The average molecular weight is 264 g/mol. The van der Waals surface area contributed by atoms with Crippen LogP contribution in [-0.4, -0.2) is 16.9 Å². The van der Waals surface area contributed by atoms with Gasteiger partial charge in [0.1, 0.15) is 0 Å². The summed E-state index contributed by atoms with van der Waals surface area (Å²) < 4.78 is 0. The van der Waals surface area contributed by atoms with Crippen LogP contribution in [0, 0.1) is 6.92 Å². The summed E-state index contributed by atoms with van der Waals surface area (Å²) >= 11 is 6.17. The van der Waals surface area contributed by atoms with Crippen LogP contribution in [0.15, 0.2) is 24.4 Å². The normalized spacial score (nSPS) is 12.4. The first-order chi connectivity index (χ1) is 8.50. The highest BCUT2D eigenvalue weighted by Crippen LogP contribution is 2.32. The Balaban J connectivity index is 2.59. The zero-order valence-electron chi connectivity index (χ0n) is 10.2. The van der Waals surface area contributed by atoms with E-state index < -0.39 is 6.04 Å². The molecular weight excluding hydrogens is 250 g/mol. The lowest BCUT2D eigenvalue weighted by Gasteiger charge is -2.13. The quantitative estimate of drug-likeness (QED) is 0.875. The standard InChI is InChI=1S/C13H14ClN3O/c1-7-6-10(14)12(17-13(18)8(2)15)9-4-3-5-16-11(7)9/h3-6,8H,15H2,1-2H3,(H,17,18). The molecule has 0 aliphatic carbocycles. The number of aromatic nitrogens is 1. The van der Waals surface area contributed by atoms with E-state index in [-0.39, 0.29) is 5.91 Å². The number of rotatable bonds is 2. The van der Waals surface area contributed by atoms with Gasteiger partial charge in [0.25, 0.3) is 0 Å². The first-order valence-corrected chi connectivity index (χ1v) is 5.98. The molecule has 18 heavy (non-hydrogen) atoms. The van der Waals surface area contributed by atoms with Gasteiger partial charge in [0.15, 0.2) is 0 Å². The summed E-state index contributed by atoms with van der Waals surface area (Å²) in [5.74, 6) is -0.272. The van der Waals surface area contributed by atoms with Gasteiger partial charge in [-0.15, -0.1) is 0 Å². The summed E-state index contributed by atoms with van der Waals surface area (Å²) in [5.41, 5.74) is 7.89. The smallest absolute Gasteiger partial charge is 0.241 e. The molecule has 1 aromatic carbocycles. The fourth-order valence-electron chi connectivity index (χ4n) is 1.74. The van der Waals surface area contributed by atoms with E-state index in [2.05, 4.69) is 10.3 Å². The van der Waals surface area contributed by atoms with Crippen LogP contribution in [0.5, 0.6) is 0 Å². The van der Waals surface area contributed by atoms with Crippen molar-refractivity contribution in [1.29, 1.82) is 0 Å². The first kappa shape index (κ1) is 12.8. The minimum Gasteiger partial charge on any atom is -0.323 e. The first-order valence-electron chi connectivity index (χ1n) is 5.61. The average Bonchev–Trinajstić information content (AvgIpc) is 2.34. The van der Waals surface area contributed by atoms with E-state index >= 15 is 0 Å². The molecule has 0 aliphatic heterocycles. The van der Waals surface area contributed by atoms with Gasteiger partial charge in [-0.05, 0) is 37.6 Å². The molecule has 3 N–H and O–H groups in total. The number of carbonyl (C=O) groups excluding carboxylic acids is 1. The molecule has 1 amide bonds. The Morgan fingerprint density at radius 2 is 2.28 bits per heavy atom. The summed E-state index contributed by atoms with van der Waals surface area (Å²) in [6, 6.07) is 4.87. The largest absolute Gasteiger partial charge is 0.323 e. The monoisotopic (exact) mass is 263 g/mol. The maximum absolute atomic E-state index is 11.7. The fraction of sp³-hybridized carbons (Fsp3) is 0.231. The molecule has 0 fully saturated rings. The Kier molecular flexibility index (Phi) is 3.50. The third-order valence-corrected chi connectivity index (χ3v) is 2.99. The number of nitrogens with two attached hydrogens (primary N) is 1. The van der Waals surface area contributed by atoms with Crippen LogP contribution in [0.4, 0.5) is 5.69 Å². The molecule has 0 radical (unpaired) electrons. The molecule has 1 aromatic heterocycles. The van der Waals surface area contributed by atoms with Crippen molar-refractivity contribution in [2.75, 3.05) is 5.32 Å². The van der Waals surface area contributed by atoms with Gasteiger partial charge >= 0.3 is 0 Å². The molecular formula is C13H14ClN3O. The number of fused-ring (bicyclic) bond motifs is 1. The SMILES string of the molecule is Cc1cc(Cl)c(NC(=O)C(C)N)c2cccnc12. The fourth-order valence-corrected chi connectivity index (χ4v) is 2.06. The van der Waals surface area contributed by atoms with Crippen molar-refractivity contribution in [1.82, 2.24) is 4.98 Å². The number of anilines is 1. The van der Waals surface area contributed by atoms with Gasteiger partial charge in [0.05, 0.1) is 22.3 Å². The highest BCUT2D eigenvalue weighted by atomic mass is 35.5. The number of nitrogens with zero attached hydrogens (tertiary/aromatic N) is 1. The molecule has 1 heterocycles. The van der Waals surface area contributed by atoms with Crippen molar-refractivity contribution < 1.29 is 4.79 Å². The van der Waals surface area contributed by atoms with Crippen molar-refractivity contribution in [3.05, 3.63) is 35.0 Å². The molecule has 0 bridgehead atoms. The number of nitrogens with one attached hydrogen (secondary N) is 1. The third kappa shape index (κ3) is 2.30. The number of pyridine rings is 1. The Labute approximate surface area is 110 Å². The maximum Gasteiger partial charge on any atom is 0.241 e. The Hall–Kier alpha value is -1.65. The third-order valence-electron chi connectivity index (χ3n) is 2.69. The highest BCUT2D eigenvalue weighted by molar-refractivity contribution is 6.35. The Morgan fingerprint density at radius 1 is 1.56 bits per heavy atom. The van der Waals surface area contributed by atoms with E-state index in [0.717, 1.165) is 16.5 Å². The molecule has 0 aliphatic rings. The second-order valence-electron chi connectivity index (χ2n) is 4.23. The van der Waals surface area contributed by atoms with E-state index in [4.69, 9.17) is 17.3 Å². The van der Waals surface area contributed by atoms with Crippen LogP contribution in [0.2, 0.25) is 5.02 Å². The molecule has 1 atom stereocenters. The summed E-state index contributed by atoms with van der Waals surface area (Å²) in [5, 5.41) is 4.05. The summed E-state index contributed by atoms with van der Waals surface area (Å²) in [6.07, 6.45) is 1.71. The predicted octanol–water partition coefficient (Wildman–Crippen LogP) is 2.48. The van der Waals surface area contributed by atoms with Gasteiger partial charge in [-0.25, -0.2) is 0 Å². The van der Waals surface area contributed by atoms with Crippen molar-refractivity contribution >= 4 is 34.1 Å². The van der Waals surface area contributed by atoms with Gasteiger partial charge < -0.3 is 11.1 Å². The van der Waals surface area contributed by atoms with Crippen molar-refractivity contribution in [2.24, 2.45) is 5.73 Å². The molecule has 0 saturated heterocycles. The van der Waals surface area contributed by atoms with Gasteiger partial charge in [-0.1, -0.05) is 11.6 Å². The summed E-state index contributed by atoms with van der Waals surface area (Å²) in [6.45, 7) is 3.55. The lowest BCUT2D eigenvalue weighted by molar-refractivity contribution is -0.117. The van der Waals surface area contributed by atoms with Gasteiger partial charge in [-0.2, -0.15) is 0 Å². The zero-order valence-corrected chi connectivity index (χ0v) is 11.0. The van der Waals surface area contributed by atoms with E-state index in [1.807, 2.05) is 13.0 Å². The number of hydrogen-bond acceptors (Lipinski definition) is 3.